The van der Waals surface area contributed by atoms with Crippen LogP contribution in [0.15, 0.2) is 33.7 Å². The van der Waals surface area contributed by atoms with E-state index in [2.05, 4.69) is 60.3 Å². The van der Waals surface area contributed by atoms with Crippen molar-refractivity contribution in [3.63, 3.8) is 0 Å². The summed E-state index contributed by atoms with van der Waals surface area (Å²) < 4.78 is 6.72. The van der Waals surface area contributed by atoms with E-state index in [1.165, 1.54) is 29.3 Å². The van der Waals surface area contributed by atoms with Crippen molar-refractivity contribution in [1.82, 2.24) is 15.1 Å². The van der Waals surface area contributed by atoms with Crippen LogP contribution in [0.1, 0.15) is 24.8 Å². The van der Waals surface area contributed by atoms with Crippen molar-refractivity contribution < 1.29 is 4.74 Å². The lowest BCUT2D eigenvalue weighted by atomic mass is 9.96. The van der Waals surface area contributed by atoms with Gasteiger partial charge in [0.05, 0.1) is 13.2 Å². The molecule has 7 heteroatoms. The molecule has 1 saturated carbocycles. The van der Waals surface area contributed by atoms with E-state index in [1.807, 2.05) is 7.05 Å². The standard InChI is InChI=1S/C20H29BrN4O.HI/c1-22-19(25-9-6-16(14-25)24-10-12-26-13-11-24)23-15-20(7-8-20)17-4-2-3-5-18(17)21;/h2-5,16H,6-15H2,1H3,(H,22,23);1H. The molecule has 1 N–H and O–H groups in total. The second kappa shape index (κ2) is 9.41. The third-order valence-electron chi connectivity index (χ3n) is 6.12. The van der Waals surface area contributed by atoms with Gasteiger partial charge in [0.1, 0.15) is 0 Å². The van der Waals surface area contributed by atoms with Gasteiger partial charge in [0.25, 0.3) is 0 Å². The minimum Gasteiger partial charge on any atom is -0.379 e. The number of hydrogen-bond donors (Lipinski definition) is 1. The lowest BCUT2D eigenvalue weighted by Gasteiger charge is -2.32. The Balaban J connectivity index is 0.00000210. The van der Waals surface area contributed by atoms with Gasteiger partial charge in [-0.1, -0.05) is 34.1 Å². The first-order valence-corrected chi connectivity index (χ1v) is 10.5. The van der Waals surface area contributed by atoms with Crippen LogP contribution < -0.4 is 5.32 Å². The highest BCUT2D eigenvalue weighted by atomic mass is 127. The van der Waals surface area contributed by atoms with Crippen LogP contribution in [-0.2, 0) is 10.2 Å². The molecule has 1 aliphatic carbocycles. The van der Waals surface area contributed by atoms with Crippen molar-refractivity contribution in [2.45, 2.75) is 30.7 Å². The van der Waals surface area contributed by atoms with E-state index in [-0.39, 0.29) is 29.4 Å². The molecule has 1 aromatic carbocycles. The number of nitrogens with one attached hydrogen (secondary N) is 1. The third-order valence-corrected chi connectivity index (χ3v) is 6.81. The number of likely N-dealkylation sites (tertiary alicyclic amines) is 1. The second-order valence-corrected chi connectivity index (χ2v) is 8.55. The molecular weight excluding hydrogens is 519 g/mol. The number of nitrogens with zero attached hydrogens (tertiary/aromatic N) is 3. The number of hydrogen-bond acceptors (Lipinski definition) is 3. The van der Waals surface area contributed by atoms with Gasteiger partial charge in [0.15, 0.2) is 5.96 Å². The number of rotatable bonds is 4. The molecule has 2 aliphatic heterocycles. The molecule has 150 valence electrons. The maximum absolute atomic E-state index is 5.49. The molecule has 27 heavy (non-hydrogen) atoms. The van der Waals surface area contributed by atoms with Crippen LogP contribution in [0.5, 0.6) is 0 Å². The molecule has 0 amide bonds. The van der Waals surface area contributed by atoms with Gasteiger partial charge in [-0.05, 0) is 30.9 Å². The average Bonchev–Trinajstić information content (AvgIpc) is 3.30. The van der Waals surface area contributed by atoms with E-state index in [9.17, 15) is 0 Å². The summed E-state index contributed by atoms with van der Waals surface area (Å²) in [6.07, 6.45) is 3.71. The van der Waals surface area contributed by atoms with E-state index in [0.29, 0.717) is 6.04 Å². The lowest BCUT2D eigenvalue weighted by molar-refractivity contribution is 0.0195. The van der Waals surface area contributed by atoms with Crippen LogP contribution in [-0.4, -0.2) is 74.8 Å². The van der Waals surface area contributed by atoms with Crippen molar-refractivity contribution in [3.05, 3.63) is 34.3 Å². The fourth-order valence-electron chi connectivity index (χ4n) is 4.34. The van der Waals surface area contributed by atoms with Gasteiger partial charge < -0.3 is 15.0 Å². The van der Waals surface area contributed by atoms with Crippen LogP contribution >= 0.6 is 39.9 Å². The topological polar surface area (TPSA) is 40.1 Å². The van der Waals surface area contributed by atoms with Gasteiger partial charge in [-0.3, -0.25) is 9.89 Å². The maximum Gasteiger partial charge on any atom is 0.193 e. The van der Waals surface area contributed by atoms with Gasteiger partial charge in [-0.2, -0.15) is 0 Å². The number of aliphatic imine (C=N–C) groups is 1. The molecule has 4 rings (SSSR count). The Morgan fingerprint density at radius 3 is 2.67 bits per heavy atom. The van der Waals surface area contributed by atoms with E-state index in [0.717, 1.165) is 51.9 Å². The Morgan fingerprint density at radius 1 is 1.26 bits per heavy atom. The van der Waals surface area contributed by atoms with Crippen LogP contribution in [0.3, 0.4) is 0 Å². The Labute approximate surface area is 188 Å². The first-order valence-electron chi connectivity index (χ1n) is 9.74. The number of guanidine groups is 1. The van der Waals surface area contributed by atoms with E-state index < -0.39 is 0 Å². The average molecular weight is 549 g/mol. The van der Waals surface area contributed by atoms with Crippen molar-refractivity contribution >= 4 is 45.9 Å². The summed E-state index contributed by atoms with van der Waals surface area (Å²) in [5.74, 6) is 1.05. The monoisotopic (exact) mass is 548 g/mol. The Bertz CT molecular complexity index is 661. The molecule has 0 spiro atoms. The van der Waals surface area contributed by atoms with E-state index in [4.69, 9.17) is 4.74 Å². The van der Waals surface area contributed by atoms with Crippen molar-refractivity contribution in [1.29, 1.82) is 0 Å². The number of halogens is 2. The maximum atomic E-state index is 5.49. The zero-order chi connectivity index (χ0) is 18.0. The van der Waals surface area contributed by atoms with Gasteiger partial charge in [0, 0.05) is 55.7 Å². The normalized spacial score (nSPS) is 25.2. The summed E-state index contributed by atoms with van der Waals surface area (Å²) in [6.45, 7) is 6.99. The van der Waals surface area contributed by atoms with Crippen LogP contribution in [0.4, 0.5) is 0 Å². The first-order chi connectivity index (χ1) is 12.7. The fraction of sp³-hybridized carbons (Fsp3) is 0.650. The van der Waals surface area contributed by atoms with Gasteiger partial charge in [-0.25, -0.2) is 0 Å². The van der Waals surface area contributed by atoms with Crippen molar-refractivity contribution in [2.75, 3.05) is 53.0 Å². The molecule has 3 fully saturated rings. The summed E-state index contributed by atoms with van der Waals surface area (Å²) in [7, 11) is 1.91. The number of benzene rings is 1. The molecular formula is C20H30BrIN4O. The molecule has 0 bridgehead atoms. The summed E-state index contributed by atoms with van der Waals surface area (Å²) in [6, 6.07) is 9.27. The highest BCUT2D eigenvalue weighted by Gasteiger charge is 2.45. The fourth-order valence-corrected chi connectivity index (χ4v) is 5.04. The molecule has 5 nitrogen and oxygen atoms in total. The van der Waals surface area contributed by atoms with E-state index >= 15 is 0 Å². The zero-order valence-electron chi connectivity index (χ0n) is 16.0. The minimum absolute atomic E-state index is 0. The van der Waals surface area contributed by atoms with Crippen molar-refractivity contribution in [3.8, 4) is 0 Å². The zero-order valence-corrected chi connectivity index (χ0v) is 19.9. The Hall–Kier alpha value is -0.380. The van der Waals surface area contributed by atoms with Gasteiger partial charge in [0.2, 0.25) is 0 Å². The Morgan fingerprint density at radius 2 is 2.00 bits per heavy atom. The molecule has 1 aromatic rings. The molecule has 3 aliphatic rings. The van der Waals surface area contributed by atoms with Crippen LogP contribution in [0.2, 0.25) is 0 Å². The number of morpholine rings is 1. The van der Waals surface area contributed by atoms with Gasteiger partial charge in [-0.15, -0.1) is 24.0 Å². The predicted octanol–water partition coefficient (Wildman–Crippen LogP) is 3.08. The summed E-state index contributed by atoms with van der Waals surface area (Å²) in [5, 5.41) is 3.68. The quantitative estimate of drug-likeness (QED) is 0.357. The first kappa shape index (κ1) is 21.3. The minimum atomic E-state index is 0. The van der Waals surface area contributed by atoms with E-state index in [1.54, 1.807) is 0 Å². The SMILES string of the molecule is CN=C(NCC1(c2ccccc2Br)CC1)N1CCC(N2CCOCC2)C1.I. The molecule has 1 atom stereocenters. The highest BCUT2D eigenvalue weighted by molar-refractivity contribution is 14.0. The van der Waals surface area contributed by atoms with Crippen LogP contribution in [0, 0.1) is 0 Å². The molecule has 1 unspecified atom stereocenters. The van der Waals surface area contributed by atoms with Crippen LogP contribution in [0.25, 0.3) is 0 Å². The summed E-state index contributed by atoms with van der Waals surface area (Å²) in [5.41, 5.74) is 1.69. The highest BCUT2D eigenvalue weighted by Crippen LogP contribution is 2.49. The molecule has 2 heterocycles. The molecule has 0 aromatic heterocycles. The largest absolute Gasteiger partial charge is 0.379 e. The third kappa shape index (κ3) is 4.79. The predicted molar refractivity (Wildman–Crippen MR) is 124 cm³/mol. The van der Waals surface area contributed by atoms with Gasteiger partial charge >= 0.3 is 0 Å². The summed E-state index contributed by atoms with van der Waals surface area (Å²) >= 11 is 3.73. The lowest BCUT2D eigenvalue weighted by Crippen LogP contribution is -2.47. The Kier molecular flexibility index (Phi) is 7.44. The summed E-state index contributed by atoms with van der Waals surface area (Å²) in [4.78, 5) is 9.58. The molecule has 0 radical (unpaired) electrons. The number of ether oxygens (including phenoxy) is 1. The second-order valence-electron chi connectivity index (χ2n) is 7.70. The van der Waals surface area contributed by atoms with Crippen molar-refractivity contribution in [2.24, 2.45) is 4.99 Å². The molecule has 2 saturated heterocycles. The smallest absolute Gasteiger partial charge is 0.193 e.